The number of rotatable bonds is 2. The van der Waals surface area contributed by atoms with Gasteiger partial charge in [-0.15, -0.1) is 0 Å². The van der Waals surface area contributed by atoms with Crippen molar-refractivity contribution < 1.29 is 14.6 Å². The van der Waals surface area contributed by atoms with E-state index in [1.807, 2.05) is 4.90 Å². The lowest BCUT2D eigenvalue weighted by atomic mass is 10.1. The molecule has 1 aromatic rings. The third-order valence-electron chi connectivity index (χ3n) is 3.33. The van der Waals surface area contributed by atoms with E-state index in [1.54, 1.807) is 25.1 Å². The van der Waals surface area contributed by atoms with Gasteiger partial charge in [0.2, 0.25) is 0 Å². The molecule has 1 unspecified atom stereocenters. The molecule has 0 aromatic heterocycles. The van der Waals surface area contributed by atoms with E-state index in [1.165, 1.54) is 0 Å². The van der Waals surface area contributed by atoms with E-state index in [2.05, 4.69) is 6.92 Å². The largest absolute Gasteiger partial charge is 0.508 e. The van der Waals surface area contributed by atoms with Gasteiger partial charge in [0.05, 0.1) is 12.7 Å². The Bertz CT molecular complexity index is 445. The molecule has 0 radical (unpaired) electrons. The molecule has 1 atom stereocenters. The van der Waals surface area contributed by atoms with Crippen LogP contribution in [0.3, 0.4) is 0 Å². The fraction of sp³-hybridized carbons (Fsp3) is 0.500. The number of benzene rings is 1. The fourth-order valence-electron chi connectivity index (χ4n) is 2.12. The average Bonchev–Trinajstić information content (AvgIpc) is 2.41. The third-order valence-corrected chi connectivity index (χ3v) is 3.33. The van der Waals surface area contributed by atoms with E-state index in [0.29, 0.717) is 25.3 Å². The lowest BCUT2D eigenvalue weighted by Crippen LogP contribution is -2.45. The summed E-state index contributed by atoms with van der Waals surface area (Å²) < 4.78 is 5.55. The Labute approximate surface area is 107 Å². The lowest BCUT2D eigenvalue weighted by Gasteiger charge is -2.32. The summed E-state index contributed by atoms with van der Waals surface area (Å²) in [6, 6.07) is 4.97. The van der Waals surface area contributed by atoms with Gasteiger partial charge in [0.25, 0.3) is 5.91 Å². The summed E-state index contributed by atoms with van der Waals surface area (Å²) in [5.74, 6) is 0.236. The highest BCUT2D eigenvalue weighted by atomic mass is 16.5. The molecule has 1 amide bonds. The van der Waals surface area contributed by atoms with Crippen molar-refractivity contribution in [3.8, 4) is 5.75 Å². The normalized spacial score (nSPS) is 19.9. The first-order valence-electron chi connectivity index (χ1n) is 6.32. The molecule has 2 rings (SSSR count). The van der Waals surface area contributed by atoms with E-state index < -0.39 is 0 Å². The van der Waals surface area contributed by atoms with Crippen LogP contribution in [0.2, 0.25) is 0 Å². The van der Waals surface area contributed by atoms with Crippen molar-refractivity contribution in [2.45, 2.75) is 26.4 Å². The second kappa shape index (κ2) is 5.40. The first kappa shape index (κ1) is 12.9. The first-order chi connectivity index (χ1) is 8.61. The third kappa shape index (κ3) is 2.64. The number of carbonyl (C=O) groups excluding carboxylic acids is 1. The summed E-state index contributed by atoms with van der Waals surface area (Å²) in [5.41, 5.74) is 1.35. The smallest absolute Gasteiger partial charge is 0.254 e. The number of aromatic hydroxyl groups is 1. The summed E-state index contributed by atoms with van der Waals surface area (Å²) in [6.45, 7) is 5.73. The number of aryl methyl sites for hydroxylation is 1. The molecule has 0 bridgehead atoms. The number of phenols is 1. The Hall–Kier alpha value is -1.55. The van der Waals surface area contributed by atoms with Gasteiger partial charge in [0, 0.05) is 18.7 Å². The van der Waals surface area contributed by atoms with Gasteiger partial charge in [0.15, 0.2) is 0 Å². The molecular formula is C14H19NO3. The Morgan fingerprint density at radius 2 is 2.33 bits per heavy atom. The SMILES string of the molecule is CCC1CN(C(=O)c2ccc(O)c(C)c2)CCO1. The summed E-state index contributed by atoms with van der Waals surface area (Å²) in [5, 5.41) is 9.47. The Kier molecular flexibility index (Phi) is 3.87. The van der Waals surface area contributed by atoms with Gasteiger partial charge >= 0.3 is 0 Å². The molecule has 1 heterocycles. The van der Waals surface area contributed by atoms with Crippen LogP contribution < -0.4 is 0 Å². The highest BCUT2D eigenvalue weighted by Crippen LogP contribution is 2.19. The van der Waals surface area contributed by atoms with E-state index in [-0.39, 0.29) is 17.8 Å². The molecule has 1 aliphatic heterocycles. The van der Waals surface area contributed by atoms with E-state index in [9.17, 15) is 9.90 Å². The van der Waals surface area contributed by atoms with Crippen molar-refractivity contribution in [2.75, 3.05) is 19.7 Å². The van der Waals surface area contributed by atoms with Crippen LogP contribution in [-0.4, -0.2) is 41.7 Å². The molecule has 1 aliphatic rings. The molecule has 4 nitrogen and oxygen atoms in total. The minimum Gasteiger partial charge on any atom is -0.508 e. The van der Waals surface area contributed by atoms with Crippen LogP contribution in [0, 0.1) is 6.92 Å². The average molecular weight is 249 g/mol. The minimum atomic E-state index is 0.0138. The minimum absolute atomic E-state index is 0.0138. The van der Waals surface area contributed by atoms with Gasteiger partial charge < -0.3 is 14.7 Å². The number of hydrogen-bond donors (Lipinski definition) is 1. The fourth-order valence-corrected chi connectivity index (χ4v) is 2.12. The second-order valence-corrected chi connectivity index (χ2v) is 4.65. The predicted molar refractivity (Wildman–Crippen MR) is 68.8 cm³/mol. The summed E-state index contributed by atoms with van der Waals surface area (Å²) in [4.78, 5) is 14.1. The molecule has 1 saturated heterocycles. The van der Waals surface area contributed by atoms with Crippen molar-refractivity contribution in [1.29, 1.82) is 0 Å². The standard InChI is InChI=1S/C14H19NO3/c1-3-12-9-15(6-7-18-12)14(17)11-4-5-13(16)10(2)8-11/h4-5,8,12,16H,3,6-7,9H2,1-2H3. The van der Waals surface area contributed by atoms with Gasteiger partial charge in [-0.1, -0.05) is 6.92 Å². The highest BCUT2D eigenvalue weighted by Gasteiger charge is 2.24. The van der Waals surface area contributed by atoms with Crippen LogP contribution >= 0.6 is 0 Å². The van der Waals surface area contributed by atoms with Crippen molar-refractivity contribution in [1.82, 2.24) is 4.90 Å². The molecule has 18 heavy (non-hydrogen) atoms. The zero-order chi connectivity index (χ0) is 13.1. The van der Waals surface area contributed by atoms with E-state index in [4.69, 9.17) is 4.74 Å². The van der Waals surface area contributed by atoms with Crippen LogP contribution in [0.15, 0.2) is 18.2 Å². The van der Waals surface area contributed by atoms with E-state index >= 15 is 0 Å². The maximum atomic E-state index is 12.3. The predicted octanol–water partition coefficient (Wildman–Crippen LogP) is 1.95. The summed E-state index contributed by atoms with van der Waals surface area (Å²) in [7, 11) is 0. The molecule has 98 valence electrons. The number of nitrogens with zero attached hydrogens (tertiary/aromatic N) is 1. The molecule has 1 fully saturated rings. The maximum Gasteiger partial charge on any atom is 0.254 e. The number of amides is 1. The quantitative estimate of drug-likeness (QED) is 0.871. The van der Waals surface area contributed by atoms with Crippen LogP contribution in [0.5, 0.6) is 5.75 Å². The molecule has 4 heteroatoms. The maximum absolute atomic E-state index is 12.3. The summed E-state index contributed by atoms with van der Waals surface area (Å²) in [6.07, 6.45) is 1.05. The molecule has 0 spiro atoms. The van der Waals surface area contributed by atoms with Gasteiger partial charge in [0.1, 0.15) is 5.75 Å². The number of hydrogen-bond acceptors (Lipinski definition) is 3. The first-order valence-corrected chi connectivity index (χ1v) is 6.32. The van der Waals surface area contributed by atoms with Crippen molar-refractivity contribution >= 4 is 5.91 Å². The Morgan fingerprint density at radius 1 is 1.56 bits per heavy atom. The zero-order valence-corrected chi connectivity index (χ0v) is 10.8. The lowest BCUT2D eigenvalue weighted by molar-refractivity contribution is -0.0226. The van der Waals surface area contributed by atoms with Crippen LogP contribution in [-0.2, 0) is 4.74 Å². The molecule has 1 N–H and O–H groups in total. The number of phenolic OH excluding ortho intramolecular Hbond substituents is 1. The highest BCUT2D eigenvalue weighted by molar-refractivity contribution is 5.94. The molecular weight excluding hydrogens is 230 g/mol. The number of morpholine rings is 1. The number of ether oxygens (including phenoxy) is 1. The van der Waals surface area contributed by atoms with Gasteiger partial charge in [-0.2, -0.15) is 0 Å². The van der Waals surface area contributed by atoms with Gasteiger partial charge in [-0.25, -0.2) is 0 Å². The monoisotopic (exact) mass is 249 g/mol. The van der Waals surface area contributed by atoms with Crippen LogP contribution in [0.25, 0.3) is 0 Å². The Morgan fingerprint density at radius 3 is 3.00 bits per heavy atom. The van der Waals surface area contributed by atoms with E-state index in [0.717, 1.165) is 12.0 Å². The molecule has 0 saturated carbocycles. The van der Waals surface area contributed by atoms with Gasteiger partial charge in [-0.05, 0) is 37.1 Å². The number of carbonyl (C=O) groups is 1. The topological polar surface area (TPSA) is 49.8 Å². The van der Waals surface area contributed by atoms with Crippen LogP contribution in [0.4, 0.5) is 0 Å². The van der Waals surface area contributed by atoms with Gasteiger partial charge in [-0.3, -0.25) is 4.79 Å². The Balaban J connectivity index is 2.12. The molecule has 1 aromatic carbocycles. The van der Waals surface area contributed by atoms with Crippen LogP contribution in [0.1, 0.15) is 29.3 Å². The van der Waals surface area contributed by atoms with Crippen molar-refractivity contribution in [2.24, 2.45) is 0 Å². The summed E-state index contributed by atoms with van der Waals surface area (Å²) >= 11 is 0. The molecule has 0 aliphatic carbocycles. The van der Waals surface area contributed by atoms with Crippen molar-refractivity contribution in [3.63, 3.8) is 0 Å². The van der Waals surface area contributed by atoms with Crippen molar-refractivity contribution in [3.05, 3.63) is 29.3 Å². The second-order valence-electron chi connectivity index (χ2n) is 4.65. The zero-order valence-electron chi connectivity index (χ0n) is 10.8.